The van der Waals surface area contributed by atoms with Gasteiger partial charge in [-0.1, -0.05) is 12.8 Å². The van der Waals surface area contributed by atoms with Crippen LogP contribution >= 0.6 is 0 Å². The van der Waals surface area contributed by atoms with E-state index >= 15 is 0 Å². The first-order valence-electron chi connectivity index (χ1n) is 13.0. The standard InChI is InChI=1S/C26H32F9N7/c1-3-41(13-16-6-4-5-7-16)22-18(10-21(12-38-22)26(33,34)35)15-42(23(36)39-40(2)37)14-17-8-19(24(27,28)29)11-20(9-17)25(30,31)32/h8-12,16H,3-7,13-15,37H2,1-2H3,(H2,36,39). The molecule has 16 heteroatoms. The number of guanidine groups is 1. The number of hydrazine groups is 1. The first kappa shape index (κ1) is 33.1. The van der Waals surface area contributed by atoms with Crippen LogP contribution in [0.15, 0.2) is 35.6 Å². The Morgan fingerprint density at radius 3 is 1.90 bits per heavy atom. The minimum atomic E-state index is -5.10. The van der Waals surface area contributed by atoms with Crippen LogP contribution in [0.2, 0.25) is 0 Å². The zero-order valence-corrected chi connectivity index (χ0v) is 22.9. The fourth-order valence-electron chi connectivity index (χ4n) is 4.91. The van der Waals surface area contributed by atoms with E-state index in [4.69, 9.17) is 11.6 Å². The molecule has 1 saturated carbocycles. The van der Waals surface area contributed by atoms with Crippen molar-refractivity contribution in [3.63, 3.8) is 0 Å². The van der Waals surface area contributed by atoms with E-state index in [0.29, 0.717) is 37.3 Å². The molecule has 4 N–H and O–H groups in total. The highest BCUT2D eigenvalue weighted by Gasteiger charge is 2.37. The Kier molecular flexibility index (Phi) is 10.1. The Hall–Kier alpha value is -3.43. The van der Waals surface area contributed by atoms with E-state index in [-0.39, 0.29) is 17.4 Å². The van der Waals surface area contributed by atoms with Gasteiger partial charge in [-0.2, -0.15) is 39.5 Å². The van der Waals surface area contributed by atoms with E-state index in [1.807, 2.05) is 0 Å². The van der Waals surface area contributed by atoms with Gasteiger partial charge in [0.25, 0.3) is 0 Å². The number of alkyl halides is 9. The molecule has 0 radical (unpaired) electrons. The van der Waals surface area contributed by atoms with E-state index in [1.165, 1.54) is 7.05 Å². The molecule has 0 atom stereocenters. The largest absolute Gasteiger partial charge is 0.417 e. The van der Waals surface area contributed by atoms with Crippen LogP contribution in [-0.4, -0.2) is 41.1 Å². The normalized spacial score (nSPS) is 15.3. The number of aromatic nitrogens is 1. The summed E-state index contributed by atoms with van der Waals surface area (Å²) in [5.41, 5.74) is 1.41. The minimum Gasteiger partial charge on any atom is -0.368 e. The number of benzene rings is 1. The van der Waals surface area contributed by atoms with Crippen molar-refractivity contribution in [2.24, 2.45) is 22.6 Å². The lowest BCUT2D eigenvalue weighted by molar-refractivity contribution is -0.143. The predicted octanol–water partition coefficient (Wildman–Crippen LogP) is 6.19. The first-order chi connectivity index (χ1) is 19.4. The summed E-state index contributed by atoms with van der Waals surface area (Å²) >= 11 is 0. The highest BCUT2D eigenvalue weighted by atomic mass is 19.4. The molecule has 0 spiro atoms. The van der Waals surface area contributed by atoms with Crippen molar-refractivity contribution in [2.45, 2.75) is 64.2 Å². The molecule has 1 aliphatic rings. The van der Waals surface area contributed by atoms with Crippen LogP contribution in [0.25, 0.3) is 0 Å². The number of anilines is 1. The molecule has 3 rings (SSSR count). The number of rotatable bonds is 9. The lowest BCUT2D eigenvalue weighted by Crippen LogP contribution is -2.40. The van der Waals surface area contributed by atoms with Crippen molar-refractivity contribution in [3.05, 3.63) is 58.3 Å². The van der Waals surface area contributed by atoms with Crippen LogP contribution in [0.4, 0.5) is 45.3 Å². The summed E-state index contributed by atoms with van der Waals surface area (Å²) in [7, 11) is 1.26. The molecule has 0 saturated heterocycles. The lowest BCUT2D eigenvalue weighted by Gasteiger charge is -2.31. The molecule has 1 heterocycles. The third-order valence-corrected chi connectivity index (χ3v) is 6.87. The zero-order valence-electron chi connectivity index (χ0n) is 22.9. The third kappa shape index (κ3) is 8.79. The van der Waals surface area contributed by atoms with Crippen molar-refractivity contribution in [1.82, 2.24) is 15.0 Å². The van der Waals surface area contributed by atoms with E-state index < -0.39 is 59.8 Å². The molecule has 7 nitrogen and oxygen atoms in total. The van der Waals surface area contributed by atoms with Gasteiger partial charge >= 0.3 is 18.5 Å². The topological polar surface area (TPSA) is 87.0 Å². The average molecular weight is 614 g/mol. The van der Waals surface area contributed by atoms with Crippen LogP contribution in [0, 0.1) is 5.92 Å². The Balaban J connectivity index is 2.11. The maximum atomic E-state index is 13.7. The Bertz CT molecular complexity index is 1200. The van der Waals surface area contributed by atoms with Crippen LogP contribution < -0.4 is 16.5 Å². The van der Waals surface area contributed by atoms with Crippen molar-refractivity contribution in [3.8, 4) is 0 Å². The second-order valence-electron chi connectivity index (χ2n) is 10.2. The Morgan fingerprint density at radius 2 is 1.43 bits per heavy atom. The van der Waals surface area contributed by atoms with Crippen molar-refractivity contribution < 1.29 is 39.5 Å². The smallest absolute Gasteiger partial charge is 0.368 e. The van der Waals surface area contributed by atoms with Gasteiger partial charge in [0.05, 0.1) is 16.7 Å². The number of nitrogens with two attached hydrogens (primary N) is 2. The SMILES string of the molecule is CCN(CC1CCCC1)c1ncc(C(F)(F)F)cc1CN(Cc1cc(C(F)(F)F)cc(C(F)(F)F)c1)/C(N)=N/N(C)N. The summed E-state index contributed by atoms with van der Waals surface area (Å²) in [6, 6.07) is 1.87. The first-order valence-corrected chi connectivity index (χ1v) is 13.0. The summed E-state index contributed by atoms with van der Waals surface area (Å²) < 4.78 is 122. The fraction of sp³-hybridized carbons (Fsp3) is 0.538. The summed E-state index contributed by atoms with van der Waals surface area (Å²) in [4.78, 5) is 6.95. The van der Waals surface area contributed by atoms with Gasteiger partial charge < -0.3 is 15.5 Å². The molecule has 1 aromatic carbocycles. The van der Waals surface area contributed by atoms with Crippen molar-refractivity contribution >= 4 is 11.8 Å². The number of hydrogen-bond donors (Lipinski definition) is 2. The van der Waals surface area contributed by atoms with E-state index in [0.717, 1.165) is 41.8 Å². The third-order valence-electron chi connectivity index (χ3n) is 6.87. The number of pyridine rings is 1. The zero-order chi connectivity index (χ0) is 31.5. The van der Waals surface area contributed by atoms with E-state index in [1.54, 1.807) is 11.8 Å². The Labute approximate surface area is 236 Å². The van der Waals surface area contributed by atoms with Gasteiger partial charge in [0.2, 0.25) is 5.96 Å². The summed E-state index contributed by atoms with van der Waals surface area (Å²) in [6.07, 6.45) is -10.3. The number of hydrazone groups is 1. The molecule has 0 amide bonds. The minimum absolute atomic E-state index is 0.00511. The molecular weight excluding hydrogens is 581 g/mol. The summed E-state index contributed by atoms with van der Waals surface area (Å²) in [6.45, 7) is 1.56. The molecule has 1 aromatic heterocycles. The molecular formula is C26H32F9N7. The quantitative estimate of drug-likeness (QED) is 0.115. The average Bonchev–Trinajstić information content (AvgIpc) is 3.38. The number of hydrogen-bond acceptors (Lipinski definition) is 5. The molecule has 0 bridgehead atoms. The van der Waals surface area contributed by atoms with Gasteiger partial charge in [0.15, 0.2) is 0 Å². The fourth-order valence-corrected chi connectivity index (χ4v) is 4.91. The molecule has 0 unspecified atom stereocenters. The summed E-state index contributed by atoms with van der Waals surface area (Å²) in [5, 5.41) is 4.54. The second-order valence-corrected chi connectivity index (χ2v) is 10.2. The second kappa shape index (κ2) is 12.8. The molecule has 1 aliphatic carbocycles. The van der Waals surface area contributed by atoms with Crippen molar-refractivity contribution in [2.75, 3.05) is 25.0 Å². The summed E-state index contributed by atoms with van der Waals surface area (Å²) in [5.74, 6) is 5.56. The van der Waals surface area contributed by atoms with Crippen LogP contribution in [0.5, 0.6) is 0 Å². The molecule has 0 aliphatic heterocycles. The van der Waals surface area contributed by atoms with Gasteiger partial charge in [0, 0.05) is 45.0 Å². The predicted molar refractivity (Wildman–Crippen MR) is 138 cm³/mol. The van der Waals surface area contributed by atoms with Crippen LogP contribution in [-0.2, 0) is 31.6 Å². The van der Waals surface area contributed by atoms with Crippen LogP contribution in [0.1, 0.15) is 60.4 Å². The monoisotopic (exact) mass is 613 g/mol. The molecule has 42 heavy (non-hydrogen) atoms. The maximum absolute atomic E-state index is 13.7. The maximum Gasteiger partial charge on any atom is 0.417 e. The van der Waals surface area contributed by atoms with E-state index in [9.17, 15) is 39.5 Å². The molecule has 2 aromatic rings. The van der Waals surface area contributed by atoms with Gasteiger partial charge in [-0.3, -0.25) is 0 Å². The Morgan fingerprint density at radius 1 is 0.881 bits per heavy atom. The van der Waals surface area contributed by atoms with Crippen LogP contribution in [0.3, 0.4) is 0 Å². The van der Waals surface area contributed by atoms with Gasteiger partial charge in [-0.05, 0) is 55.5 Å². The highest BCUT2D eigenvalue weighted by molar-refractivity contribution is 5.78. The van der Waals surface area contributed by atoms with E-state index in [2.05, 4.69) is 10.1 Å². The van der Waals surface area contributed by atoms with Gasteiger partial charge in [-0.25, -0.2) is 15.9 Å². The molecule has 1 fully saturated rings. The lowest BCUT2D eigenvalue weighted by atomic mass is 10.0. The van der Waals surface area contributed by atoms with Crippen molar-refractivity contribution in [1.29, 1.82) is 0 Å². The number of nitrogens with zero attached hydrogens (tertiary/aromatic N) is 5. The highest BCUT2D eigenvalue weighted by Crippen LogP contribution is 2.37. The van der Waals surface area contributed by atoms with Gasteiger partial charge in [-0.15, -0.1) is 5.10 Å². The molecule has 234 valence electrons. The van der Waals surface area contributed by atoms with Gasteiger partial charge in [0.1, 0.15) is 5.82 Å². The number of halogens is 9.